The molecule has 2 bridgehead atoms. The van der Waals surface area contributed by atoms with Gasteiger partial charge in [-0.1, -0.05) is 6.92 Å². The van der Waals surface area contributed by atoms with Crippen molar-refractivity contribution in [2.24, 2.45) is 11.8 Å². The summed E-state index contributed by atoms with van der Waals surface area (Å²) in [7, 11) is 0. The fraction of sp³-hybridized carbons (Fsp3) is 0.571. The maximum absolute atomic E-state index is 5.53. The van der Waals surface area contributed by atoms with Crippen molar-refractivity contribution in [1.82, 2.24) is 9.97 Å². The predicted octanol–water partition coefficient (Wildman–Crippen LogP) is 2.53. The molecule has 106 valence electrons. The van der Waals surface area contributed by atoms with Crippen molar-refractivity contribution in [3.05, 3.63) is 10.9 Å². The molecule has 2 fully saturated rings. The summed E-state index contributed by atoms with van der Waals surface area (Å²) in [6, 6.07) is 2.91. The van der Waals surface area contributed by atoms with Crippen LogP contribution in [0.2, 0.25) is 0 Å². The maximum Gasteiger partial charge on any atom is 0.240 e. The lowest BCUT2D eigenvalue weighted by Gasteiger charge is -2.28. The highest BCUT2D eigenvalue weighted by Gasteiger charge is 2.39. The van der Waals surface area contributed by atoms with E-state index in [1.165, 1.54) is 29.5 Å². The van der Waals surface area contributed by atoms with Crippen molar-refractivity contribution in [3.63, 3.8) is 0 Å². The highest BCUT2D eigenvalue weighted by molar-refractivity contribution is 7.18. The highest BCUT2D eigenvalue weighted by Crippen LogP contribution is 2.42. The van der Waals surface area contributed by atoms with Gasteiger partial charge in [0.05, 0.1) is 5.39 Å². The molecule has 2 aromatic heterocycles. The molecule has 2 atom stereocenters. The molecule has 3 N–H and O–H groups in total. The lowest BCUT2D eigenvalue weighted by molar-refractivity contribution is 0.551. The van der Waals surface area contributed by atoms with Gasteiger partial charge in [-0.25, -0.2) is 10.8 Å². The molecule has 0 radical (unpaired) electrons. The topological polar surface area (TPSA) is 67.1 Å². The molecule has 4 rings (SSSR count). The van der Waals surface area contributed by atoms with Gasteiger partial charge in [0, 0.05) is 17.5 Å². The molecule has 0 amide bonds. The van der Waals surface area contributed by atoms with Crippen molar-refractivity contribution in [2.45, 2.75) is 38.6 Å². The van der Waals surface area contributed by atoms with E-state index in [9.17, 15) is 0 Å². The number of nitrogen functional groups attached to an aromatic ring is 1. The quantitative estimate of drug-likeness (QED) is 0.671. The molecular formula is C14H19N5S. The number of fused-ring (bicyclic) bond motifs is 3. The first-order valence-corrected chi connectivity index (χ1v) is 8.14. The van der Waals surface area contributed by atoms with Crippen molar-refractivity contribution in [3.8, 4) is 0 Å². The van der Waals surface area contributed by atoms with Crippen LogP contribution in [0, 0.1) is 5.92 Å². The second kappa shape index (κ2) is 4.56. The number of hydrogen-bond acceptors (Lipinski definition) is 6. The van der Waals surface area contributed by atoms with E-state index in [-0.39, 0.29) is 0 Å². The monoisotopic (exact) mass is 289 g/mol. The molecule has 5 nitrogen and oxygen atoms in total. The summed E-state index contributed by atoms with van der Waals surface area (Å²) in [5.74, 6) is 7.99. The third kappa shape index (κ3) is 1.78. The number of aromatic nitrogens is 2. The average Bonchev–Trinajstić information content (AvgIpc) is 3.19. The number of hydrazine groups is 1. The van der Waals surface area contributed by atoms with Crippen molar-refractivity contribution in [1.29, 1.82) is 0 Å². The lowest BCUT2D eigenvalue weighted by atomic mass is 10.1. The van der Waals surface area contributed by atoms with Crippen LogP contribution in [-0.4, -0.2) is 22.6 Å². The summed E-state index contributed by atoms with van der Waals surface area (Å²) in [6.07, 6.45) is 5.03. The van der Waals surface area contributed by atoms with Gasteiger partial charge in [0.25, 0.3) is 0 Å². The Morgan fingerprint density at radius 1 is 1.45 bits per heavy atom. The van der Waals surface area contributed by atoms with Gasteiger partial charge in [0.1, 0.15) is 10.6 Å². The number of rotatable bonds is 3. The Bertz CT molecular complexity index is 652. The van der Waals surface area contributed by atoms with E-state index in [1.807, 2.05) is 0 Å². The fourth-order valence-corrected chi connectivity index (χ4v) is 4.56. The lowest BCUT2D eigenvalue weighted by Crippen LogP contribution is -2.33. The normalized spacial score (nSPS) is 24.8. The van der Waals surface area contributed by atoms with Gasteiger partial charge in [0.2, 0.25) is 5.95 Å². The molecule has 2 unspecified atom stereocenters. The summed E-state index contributed by atoms with van der Waals surface area (Å²) in [5, 5.41) is 1.19. The first kappa shape index (κ1) is 12.3. The van der Waals surface area contributed by atoms with Crippen molar-refractivity contribution >= 4 is 33.3 Å². The standard InChI is InChI=1S/C14H19N5S/c1-2-10-6-11-12(16-14(18-15)17-13(11)20-10)19-7-8-3-4-9(19)5-8/h6,8-9H,2-5,7,15H2,1H3,(H,16,17,18). The van der Waals surface area contributed by atoms with Gasteiger partial charge in [-0.15, -0.1) is 11.3 Å². The van der Waals surface area contributed by atoms with Gasteiger partial charge < -0.3 is 4.90 Å². The molecule has 3 heterocycles. The molecule has 6 heteroatoms. The Hall–Kier alpha value is -1.40. The Labute approximate surface area is 122 Å². The number of thiophene rings is 1. The number of nitrogens with one attached hydrogen (secondary N) is 1. The molecule has 0 spiro atoms. The van der Waals surface area contributed by atoms with Crippen LogP contribution in [0.4, 0.5) is 11.8 Å². The smallest absolute Gasteiger partial charge is 0.240 e. The molecule has 1 saturated heterocycles. The second-order valence-electron chi connectivity index (χ2n) is 5.79. The molecule has 2 aromatic rings. The molecule has 1 aliphatic heterocycles. The Kier molecular flexibility index (Phi) is 2.82. The molecule has 1 saturated carbocycles. The van der Waals surface area contributed by atoms with E-state index in [0.29, 0.717) is 12.0 Å². The molecule has 20 heavy (non-hydrogen) atoms. The fourth-order valence-electron chi connectivity index (χ4n) is 3.60. The third-order valence-electron chi connectivity index (χ3n) is 4.58. The first-order chi connectivity index (χ1) is 9.78. The van der Waals surface area contributed by atoms with E-state index in [0.717, 1.165) is 29.5 Å². The van der Waals surface area contributed by atoms with Gasteiger partial charge in [-0.05, 0) is 37.7 Å². The maximum atomic E-state index is 5.53. The van der Waals surface area contributed by atoms with Gasteiger partial charge in [-0.2, -0.15) is 4.98 Å². The first-order valence-electron chi connectivity index (χ1n) is 7.32. The minimum atomic E-state index is 0.528. The third-order valence-corrected chi connectivity index (χ3v) is 5.76. The Balaban J connectivity index is 1.85. The zero-order valence-electron chi connectivity index (χ0n) is 11.6. The minimum Gasteiger partial charge on any atom is -0.353 e. The van der Waals surface area contributed by atoms with Crippen LogP contribution < -0.4 is 16.2 Å². The number of nitrogens with two attached hydrogens (primary N) is 1. The van der Waals surface area contributed by atoms with Gasteiger partial charge >= 0.3 is 0 Å². The Morgan fingerprint density at radius 3 is 3.00 bits per heavy atom. The number of nitrogens with zero attached hydrogens (tertiary/aromatic N) is 3. The molecule has 1 aliphatic carbocycles. The van der Waals surface area contributed by atoms with Crippen LogP contribution in [0.25, 0.3) is 10.2 Å². The summed E-state index contributed by atoms with van der Waals surface area (Å²) >= 11 is 1.75. The minimum absolute atomic E-state index is 0.528. The highest BCUT2D eigenvalue weighted by atomic mass is 32.1. The zero-order valence-corrected chi connectivity index (χ0v) is 12.4. The van der Waals surface area contributed by atoms with Gasteiger partial charge in [0.15, 0.2) is 0 Å². The van der Waals surface area contributed by atoms with E-state index in [2.05, 4.69) is 33.3 Å². The van der Waals surface area contributed by atoms with Crippen LogP contribution in [0.5, 0.6) is 0 Å². The largest absolute Gasteiger partial charge is 0.353 e. The molecular weight excluding hydrogens is 270 g/mol. The van der Waals surface area contributed by atoms with Gasteiger partial charge in [-0.3, -0.25) is 5.43 Å². The molecule has 2 aliphatic rings. The summed E-state index contributed by atoms with van der Waals surface area (Å²) in [4.78, 5) is 14.0. The Morgan fingerprint density at radius 2 is 2.35 bits per heavy atom. The number of anilines is 2. The van der Waals surface area contributed by atoms with E-state index in [1.54, 1.807) is 11.3 Å². The van der Waals surface area contributed by atoms with E-state index >= 15 is 0 Å². The zero-order chi connectivity index (χ0) is 13.7. The van der Waals surface area contributed by atoms with Crippen LogP contribution in [0.15, 0.2) is 6.07 Å². The van der Waals surface area contributed by atoms with Crippen molar-refractivity contribution in [2.75, 3.05) is 16.9 Å². The van der Waals surface area contributed by atoms with Crippen LogP contribution in [0.3, 0.4) is 0 Å². The summed E-state index contributed by atoms with van der Waals surface area (Å²) < 4.78 is 0. The SMILES string of the molecule is CCc1cc2c(N3CC4CCC3C4)nc(NN)nc2s1. The van der Waals surface area contributed by atoms with Crippen LogP contribution >= 0.6 is 11.3 Å². The average molecular weight is 289 g/mol. The number of hydrogen-bond donors (Lipinski definition) is 2. The summed E-state index contributed by atoms with van der Waals surface area (Å²) in [5.41, 5.74) is 2.61. The second-order valence-corrected chi connectivity index (χ2v) is 6.90. The number of aryl methyl sites for hydroxylation is 1. The predicted molar refractivity (Wildman–Crippen MR) is 83.1 cm³/mol. The number of piperidine rings is 1. The molecule has 0 aromatic carbocycles. The van der Waals surface area contributed by atoms with Crippen LogP contribution in [-0.2, 0) is 6.42 Å². The van der Waals surface area contributed by atoms with Crippen LogP contribution in [0.1, 0.15) is 31.1 Å². The van der Waals surface area contributed by atoms with E-state index < -0.39 is 0 Å². The van der Waals surface area contributed by atoms with Crippen molar-refractivity contribution < 1.29 is 0 Å². The van der Waals surface area contributed by atoms with E-state index in [4.69, 9.17) is 5.84 Å². The summed E-state index contributed by atoms with van der Waals surface area (Å²) in [6.45, 7) is 3.32.